The zero-order chi connectivity index (χ0) is 9.26. The van der Waals surface area contributed by atoms with Crippen LogP contribution >= 0.6 is 9.24 Å². The van der Waals surface area contributed by atoms with E-state index in [0.717, 1.165) is 13.0 Å². The molecule has 0 saturated carbocycles. The van der Waals surface area contributed by atoms with E-state index in [1.165, 1.54) is 35.0 Å². The number of aryl methyl sites for hydroxylation is 2. The highest BCUT2D eigenvalue weighted by Gasteiger charge is 2.11. The van der Waals surface area contributed by atoms with Gasteiger partial charge in [-0.2, -0.15) is 0 Å². The normalized spacial score (nSPS) is 14.9. The molecule has 1 atom stereocenters. The molecule has 0 aliphatic carbocycles. The Morgan fingerprint density at radius 1 is 1.46 bits per heavy atom. The van der Waals surface area contributed by atoms with Gasteiger partial charge in [0.2, 0.25) is 0 Å². The first-order valence-electron chi connectivity index (χ1n) is 4.96. The van der Waals surface area contributed by atoms with Crippen LogP contribution in [0.5, 0.6) is 0 Å². The second kappa shape index (κ2) is 3.67. The zero-order valence-electron chi connectivity index (χ0n) is 8.06. The summed E-state index contributed by atoms with van der Waals surface area (Å²) in [5.74, 6) is 0. The maximum atomic E-state index is 3.50. The van der Waals surface area contributed by atoms with Gasteiger partial charge in [0.1, 0.15) is 0 Å². The molecule has 1 nitrogen and oxygen atoms in total. The van der Waals surface area contributed by atoms with Crippen molar-refractivity contribution in [2.75, 3.05) is 11.9 Å². The van der Waals surface area contributed by atoms with E-state index in [9.17, 15) is 0 Å². The van der Waals surface area contributed by atoms with Crippen LogP contribution in [-0.2, 0) is 12.8 Å². The predicted molar refractivity (Wildman–Crippen MR) is 62.0 cm³/mol. The fourth-order valence-corrected chi connectivity index (χ4v) is 2.39. The molecule has 2 rings (SSSR count). The Hall–Kier alpha value is -0.550. The lowest BCUT2D eigenvalue weighted by Gasteiger charge is -2.21. The summed E-state index contributed by atoms with van der Waals surface area (Å²) in [6.45, 7) is 3.35. The molecule has 1 aliphatic rings. The Morgan fingerprint density at radius 2 is 2.31 bits per heavy atom. The van der Waals surface area contributed by atoms with E-state index in [2.05, 4.69) is 33.6 Å². The number of benzene rings is 1. The lowest BCUT2D eigenvalue weighted by atomic mass is 9.98. The molecule has 1 unspecified atom stereocenters. The van der Waals surface area contributed by atoms with Gasteiger partial charge in [0.25, 0.3) is 0 Å². The number of hydrogen-bond acceptors (Lipinski definition) is 1. The summed E-state index contributed by atoms with van der Waals surface area (Å²) in [6, 6.07) is 4.55. The van der Waals surface area contributed by atoms with E-state index >= 15 is 0 Å². The second-order valence-electron chi connectivity index (χ2n) is 3.60. The number of rotatable bonds is 1. The van der Waals surface area contributed by atoms with E-state index in [1.54, 1.807) is 0 Å². The van der Waals surface area contributed by atoms with Crippen molar-refractivity contribution in [1.29, 1.82) is 0 Å². The Kier molecular flexibility index (Phi) is 2.55. The van der Waals surface area contributed by atoms with Crippen molar-refractivity contribution < 1.29 is 0 Å². The van der Waals surface area contributed by atoms with Crippen LogP contribution in [0.2, 0.25) is 0 Å². The number of nitrogens with one attached hydrogen (secondary N) is 1. The van der Waals surface area contributed by atoms with Crippen LogP contribution < -0.4 is 10.6 Å². The summed E-state index contributed by atoms with van der Waals surface area (Å²) in [5, 5.41) is 4.82. The number of hydrogen-bond donors (Lipinski definition) is 1. The third kappa shape index (κ3) is 1.71. The molecular formula is C11H16NP. The minimum absolute atomic E-state index is 1.12. The van der Waals surface area contributed by atoms with E-state index in [4.69, 9.17) is 0 Å². The summed E-state index contributed by atoms with van der Waals surface area (Å²) >= 11 is 0. The first kappa shape index (κ1) is 9.02. The lowest BCUT2D eigenvalue weighted by Crippen LogP contribution is -2.15. The van der Waals surface area contributed by atoms with Gasteiger partial charge in [0.15, 0.2) is 0 Å². The van der Waals surface area contributed by atoms with Gasteiger partial charge in [0.05, 0.1) is 0 Å². The van der Waals surface area contributed by atoms with Crippen LogP contribution in [0.25, 0.3) is 0 Å². The van der Waals surface area contributed by atoms with Crippen LogP contribution in [0.1, 0.15) is 24.5 Å². The van der Waals surface area contributed by atoms with Gasteiger partial charge in [-0.05, 0) is 47.8 Å². The molecule has 70 valence electrons. The molecule has 0 bridgehead atoms. The Balaban J connectivity index is 2.50. The van der Waals surface area contributed by atoms with Crippen molar-refractivity contribution in [3.63, 3.8) is 0 Å². The molecular weight excluding hydrogens is 177 g/mol. The Bertz CT molecular complexity index is 303. The van der Waals surface area contributed by atoms with Crippen molar-refractivity contribution in [3.05, 3.63) is 23.3 Å². The molecule has 1 aliphatic heterocycles. The average molecular weight is 193 g/mol. The average Bonchev–Trinajstić information content (AvgIpc) is 2.16. The topological polar surface area (TPSA) is 12.0 Å². The summed E-state index contributed by atoms with van der Waals surface area (Å²) in [6.07, 6.45) is 3.62. The third-order valence-corrected chi connectivity index (χ3v) is 2.96. The van der Waals surface area contributed by atoms with E-state index < -0.39 is 0 Å². The molecule has 0 aromatic heterocycles. The molecule has 1 aromatic carbocycles. The highest BCUT2D eigenvalue weighted by atomic mass is 31.0. The maximum Gasteiger partial charge on any atom is 0.0405 e. The highest BCUT2D eigenvalue weighted by molar-refractivity contribution is 7.27. The van der Waals surface area contributed by atoms with Gasteiger partial charge in [0, 0.05) is 12.2 Å². The molecule has 0 saturated heterocycles. The smallest absolute Gasteiger partial charge is 0.0405 e. The summed E-state index contributed by atoms with van der Waals surface area (Å²) in [5.41, 5.74) is 4.36. The summed E-state index contributed by atoms with van der Waals surface area (Å²) in [4.78, 5) is 0. The highest BCUT2D eigenvalue weighted by Crippen LogP contribution is 2.26. The predicted octanol–water partition coefficient (Wildman–Crippen LogP) is 2.11. The maximum absolute atomic E-state index is 3.50. The van der Waals surface area contributed by atoms with Gasteiger partial charge >= 0.3 is 0 Å². The molecule has 0 amide bonds. The van der Waals surface area contributed by atoms with Gasteiger partial charge in [-0.3, -0.25) is 0 Å². The number of fused-ring (bicyclic) bond motifs is 1. The van der Waals surface area contributed by atoms with Gasteiger partial charge < -0.3 is 5.32 Å². The van der Waals surface area contributed by atoms with Gasteiger partial charge in [-0.15, -0.1) is 9.24 Å². The van der Waals surface area contributed by atoms with Crippen LogP contribution in [0.3, 0.4) is 0 Å². The summed E-state index contributed by atoms with van der Waals surface area (Å²) in [7, 11) is 2.80. The van der Waals surface area contributed by atoms with Crippen molar-refractivity contribution in [3.8, 4) is 0 Å². The minimum atomic E-state index is 1.12. The van der Waals surface area contributed by atoms with Crippen LogP contribution in [0.4, 0.5) is 5.69 Å². The minimum Gasteiger partial charge on any atom is -0.385 e. The largest absolute Gasteiger partial charge is 0.385 e. The number of anilines is 1. The fraction of sp³-hybridized carbons (Fsp3) is 0.455. The molecule has 0 spiro atoms. The van der Waals surface area contributed by atoms with Crippen LogP contribution in [-0.4, -0.2) is 6.54 Å². The van der Waals surface area contributed by atoms with Crippen molar-refractivity contribution in [1.82, 2.24) is 0 Å². The molecule has 0 radical (unpaired) electrons. The molecule has 0 fully saturated rings. The Labute approximate surface area is 82.1 Å². The second-order valence-corrected chi connectivity index (χ2v) is 4.26. The van der Waals surface area contributed by atoms with Crippen molar-refractivity contribution in [2.24, 2.45) is 0 Å². The van der Waals surface area contributed by atoms with E-state index in [-0.39, 0.29) is 0 Å². The first-order valence-corrected chi connectivity index (χ1v) is 5.54. The van der Waals surface area contributed by atoms with E-state index in [1.807, 2.05) is 0 Å². The molecule has 1 N–H and O–H groups in total. The Morgan fingerprint density at radius 3 is 3.08 bits per heavy atom. The first-order chi connectivity index (χ1) is 6.31. The van der Waals surface area contributed by atoms with Gasteiger partial charge in [-0.1, -0.05) is 6.92 Å². The molecule has 1 aromatic rings. The van der Waals surface area contributed by atoms with Crippen LogP contribution in [0.15, 0.2) is 12.1 Å². The quantitative estimate of drug-likeness (QED) is 0.673. The zero-order valence-corrected chi connectivity index (χ0v) is 9.22. The SMILES string of the molecule is CCc1cc(P)cc2c1NCCC2. The third-order valence-electron chi connectivity index (χ3n) is 2.63. The molecule has 1 heterocycles. The van der Waals surface area contributed by atoms with Crippen LogP contribution in [0, 0.1) is 0 Å². The fourth-order valence-electron chi connectivity index (χ4n) is 1.99. The standard InChI is InChI=1S/C11H16NP/c1-2-8-6-10(13)7-9-4-3-5-12-11(8)9/h6-7,12H,2-5,13H2,1H3. The molecule has 2 heteroatoms. The van der Waals surface area contributed by atoms with E-state index in [0.29, 0.717) is 0 Å². The molecule has 13 heavy (non-hydrogen) atoms. The monoisotopic (exact) mass is 193 g/mol. The summed E-state index contributed by atoms with van der Waals surface area (Å²) < 4.78 is 0. The van der Waals surface area contributed by atoms with Crippen molar-refractivity contribution in [2.45, 2.75) is 26.2 Å². The van der Waals surface area contributed by atoms with Gasteiger partial charge in [-0.25, -0.2) is 0 Å². The van der Waals surface area contributed by atoms with Crippen molar-refractivity contribution >= 4 is 20.2 Å². The lowest BCUT2D eigenvalue weighted by molar-refractivity contribution is 0.825.